The number of hydrogen-bond donors (Lipinski definition) is 2. The fourth-order valence-corrected chi connectivity index (χ4v) is 4.69. The van der Waals surface area contributed by atoms with Gasteiger partial charge in [-0.1, -0.05) is 35.9 Å². The van der Waals surface area contributed by atoms with Gasteiger partial charge < -0.3 is 9.80 Å². The second-order valence-electron chi connectivity index (χ2n) is 7.73. The third-order valence-corrected chi connectivity index (χ3v) is 6.22. The lowest BCUT2D eigenvalue weighted by Gasteiger charge is -2.31. The Bertz CT molecular complexity index is 702. The first kappa shape index (κ1) is 17.7. The predicted octanol–water partition coefficient (Wildman–Crippen LogP) is -0.468. The lowest BCUT2D eigenvalue weighted by molar-refractivity contribution is -1.02. The van der Waals surface area contributed by atoms with Crippen LogP contribution in [0.25, 0.3) is 0 Å². The highest BCUT2D eigenvalue weighted by Crippen LogP contribution is 2.34. The lowest BCUT2D eigenvalue weighted by Crippen LogP contribution is -3.28. The van der Waals surface area contributed by atoms with Gasteiger partial charge in [-0.05, 0) is 25.0 Å². The summed E-state index contributed by atoms with van der Waals surface area (Å²) in [6, 6.07) is 8.05. The standard InChI is InChI=1S/C20H24ClN3O2/c21-16-5-3-4-15(12-16)13-22-8-10-23(11-9-22)14-24-19(25)17-6-1-2-7-18(17)20(24)26/h1-5,12,17-18H,6-11,13-14H2/p+2/t17-,18-/m0/s1. The molecule has 4 rings (SSSR count). The molecule has 0 spiro atoms. The van der Waals surface area contributed by atoms with E-state index < -0.39 is 0 Å². The Balaban J connectivity index is 1.30. The first-order valence-corrected chi connectivity index (χ1v) is 9.91. The molecule has 3 aliphatic rings. The van der Waals surface area contributed by atoms with E-state index in [0.717, 1.165) is 50.6 Å². The lowest BCUT2D eigenvalue weighted by atomic mass is 9.85. The number of quaternary nitrogens is 2. The van der Waals surface area contributed by atoms with Gasteiger partial charge in [-0.3, -0.25) is 9.59 Å². The van der Waals surface area contributed by atoms with Crippen molar-refractivity contribution < 1.29 is 19.4 Å². The van der Waals surface area contributed by atoms with Gasteiger partial charge >= 0.3 is 0 Å². The zero-order valence-corrected chi connectivity index (χ0v) is 15.7. The molecule has 2 saturated heterocycles. The van der Waals surface area contributed by atoms with Gasteiger partial charge in [0.25, 0.3) is 0 Å². The number of likely N-dealkylation sites (tertiary alicyclic amines) is 1. The van der Waals surface area contributed by atoms with E-state index >= 15 is 0 Å². The molecule has 0 radical (unpaired) electrons. The highest BCUT2D eigenvalue weighted by atomic mass is 35.5. The van der Waals surface area contributed by atoms with Crippen LogP contribution in [0.3, 0.4) is 0 Å². The molecule has 1 aromatic carbocycles. The van der Waals surface area contributed by atoms with E-state index in [1.54, 1.807) is 4.90 Å². The molecular formula is C20H26ClN3O2+2. The van der Waals surface area contributed by atoms with Crippen molar-refractivity contribution in [1.29, 1.82) is 0 Å². The summed E-state index contributed by atoms with van der Waals surface area (Å²) < 4.78 is 0. The molecule has 26 heavy (non-hydrogen) atoms. The van der Waals surface area contributed by atoms with Crippen molar-refractivity contribution in [2.75, 3.05) is 32.8 Å². The van der Waals surface area contributed by atoms with Crippen LogP contribution in [0.2, 0.25) is 5.02 Å². The Morgan fingerprint density at radius 2 is 1.58 bits per heavy atom. The molecule has 1 aliphatic carbocycles. The van der Waals surface area contributed by atoms with Gasteiger partial charge in [0.1, 0.15) is 32.7 Å². The molecule has 2 heterocycles. The van der Waals surface area contributed by atoms with Crippen LogP contribution in [-0.2, 0) is 16.1 Å². The number of benzene rings is 1. The maximum Gasteiger partial charge on any atom is 0.237 e. The van der Waals surface area contributed by atoms with Crippen LogP contribution in [0, 0.1) is 11.8 Å². The molecule has 2 N–H and O–H groups in total. The third-order valence-electron chi connectivity index (χ3n) is 5.99. The topological polar surface area (TPSA) is 46.3 Å². The van der Waals surface area contributed by atoms with E-state index in [-0.39, 0.29) is 23.7 Å². The molecule has 0 bridgehead atoms. The first-order chi connectivity index (χ1) is 12.6. The number of allylic oxidation sites excluding steroid dienone is 2. The average Bonchev–Trinajstić information content (AvgIpc) is 2.89. The second-order valence-corrected chi connectivity index (χ2v) is 8.16. The minimum Gasteiger partial charge on any atom is -0.322 e. The SMILES string of the molecule is O=C1[C@H]2CC=CC[C@@H]2C(=O)N1C[NH+]1CC[NH+](Cc2cccc(Cl)c2)CC1. The summed E-state index contributed by atoms with van der Waals surface area (Å²) in [5.41, 5.74) is 1.26. The molecule has 2 amide bonds. The summed E-state index contributed by atoms with van der Waals surface area (Å²) >= 11 is 6.07. The van der Waals surface area contributed by atoms with Gasteiger partial charge in [0, 0.05) is 10.6 Å². The van der Waals surface area contributed by atoms with Crippen LogP contribution >= 0.6 is 11.6 Å². The van der Waals surface area contributed by atoms with E-state index in [9.17, 15) is 9.59 Å². The van der Waals surface area contributed by atoms with Crippen molar-refractivity contribution in [1.82, 2.24) is 4.90 Å². The van der Waals surface area contributed by atoms with Crippen LogP contribution in [0.5, 0.6) is 0 Å². The Hall–Kier alpha value is -1.69. The number of piperazine rings is 1. The van der Waals surface area contributed by atoms with Crippen molar-refractivity contribution in [3.05, 3.63) is 47.0 Å². The minimum absolute atomic E-state index is 0.0468. The van der Waals surface area contributed by atoms with Gasteiger partial charge in [-0.2, -0.15) is 0 Å². The van der Waals surface area contributed by atoms with E-state index in [1.165, 1.54) is 15.4 Å². The predicted molar refractivity (Wildman–Crippen MR) is 98.6 cm³/mol. The molecule has 2 aliphatic heterocycles. The molecular weight excluding hydrogens is 350 g/mol. The first-order valence-electron chi connectivity index (χ1n) is 9.53. The number of nitrogens with zero attached hydrogens (tertiary/aromatic N) is 1. The van der Waals surface area contributed by atoms with Crippen molar-refractivity contribution in [2.24, 2.45) is 11.8 Å². The minimum atomic E-state index is -0.110. The van der Waals surface area contributed by atoms with Crippen molar-refractivity contribution in [3.8, 4) is 0 Å². The fourth-order valence-electron chi connectivity index (χ4n) is 4.48. The Morgan fingerprint density at radius 1 is 0.962 bits per heavy atom. The molecule has 138 valence electrons. The largest absolute Gasteiger partial charge is 0.322 e. The van der Waals surface area contributed by atoms with Gasteiger partial charge in [-0.15, -0.1) is 0 Å². The van der Waals surface area contributed by atoms with Crippen molar-refractivity contribution in [2.45, 2.75) is 19.4 Å². The molecule has 0 aromatic heterocycles. The van der Waals surface area contributed by atoms with E-state index in [4.69, 9.17) is 11.6 Å². The number of nitrogens with one attached hydrogen (secondary N) is 2. The number of carbonyl (C=O) groups excluding carboxylic acids is 2. The zero-order valence-electron chi connectivity index (χ0n) is 14.9. The van der Waals surface area contributed by atoms with Crippen molar-refractivity contribution in [3.63, 3.8) is 0 Å². The van der Waals surface area contributed by atoms with E-state index in [0.29, 0.717) is 6.67 Å². The van der Waals surface area contributed by atoms with Gasteiger partial charge in [-0.25, -0.2) is 4.90 Å². The Morgan fingerprint density at radius 3 is 2.19 bits per heavy atom. The normalized spacial score (nSPS) is 31.3. The Labute approximate surface area is 159 Å². The monoisotopic (exact) mass is 375 g/mol. The van der Waals surface area contributed by atoms with E-state index in [1.807, 2.05) is 30.4 Å². The van der Waals surface area contributed by atoms with Gasteiger partial charge in [0.05, 0.1) is 11.8 Å². The highest BCUT2D eigenvalue weighted by Gasteiger charge is 2.48. The number of carbonyl (C=O) groups is 2. The number of halogens is 1. The fraction of sp³-hybridized carbons (Fsp3) is 0.500. The van der Waals surface area contributed by atoms with Crippen LogP contribution in [0.1, 0.15) is 18.4 Å². The smallest absolute Gasteiger partial charge is 0.237 e. The Kier molecular flexibility index (Phi) is 5.11. The number of amides is 2. The molecule has 2 fully saturated rings. The molecule has 6 heteroatoms. The highest BCUT2D eigenvalue weighted by molar-refractivity contribution is 6.30. The molecule has 0 saturated carbocycles. The van der Waals surface area contributed by atoms with Crippen LogP contribution < -0.4 is 9.80 Å². The summed E-state index contributed by atoms with van der Waals surface area (Å²) in [7, 11) is 0. The quantitative estimate of drug-likeness (QED) is 0.552. The van der Waals surface area contributed by atoms with Crippen molar-refractivity contribution >= 4 is 23.4 Å². The van der Waals surface area contributed by atoms with Gasteiger partial charge in [0.15, 0.2) is 6.67 Å². The van der Waals surface area contributed by atoms with Crippen LogP contribution in [-0.4, -0.2) is 49.6 Å². The average molecular weight is 376 g/mol. The summed E-state index contributed by atoms with van der Waals surface area (Å²) in [6.45, 7) is 5.58. The molecule has 0 unspecified atom stereocenters. The molecule has 2 atom stereocenters. The second kappa shape index (κ2) is 7.51. The zero-order chi connectivity index (χ0) is 18.1. The number of hydrogen-bond acceptors (Lipinski definition) is 2. The summed E-state index contributed by atoms with van der Waals surface area (Å²) in [5.74, 6) is -0.126. The number of imide groups is 1. The molecule has 1 aromatic rings. The summed E-state index contributed by atoms with van der Waals surface area (Å²) in [5, 5.41) is 0.785. The number of fused-ring (bicyclic) bond motifs is 1. The molecule has 5 nitrogen and oxygen atoms in total. The van der Waals surface area contributed by atoms with E-state index in [2.05, 4.69) is 6.07 Å². The number of rotatable bonds is 4. The summed E-state index contributed by atoms with van der Waals surface area (Å²) in [4.78, 5) is 29.6. The summed E-state index contributed by atoms with van der Waals surface area (Å²) in [6.07, 6.45) is 5.53. The maximum atomic E-state index is 12.6. The van der Waals surface area contributed by atoms with Crippen LogP contribution in [0.4, 0.5) is 0 Å². The van der Waals surface area contributed by atoms with Crippen LogP contribution in [0.15, 0.2) is 36.4 Å². The maximum absolute atomic E-state index is 12.6. The van der Waals surface area contributed by atoms with Gasteiger partial charge in [0.2, 0.25) is 11.8 Å². The third kappa shape index (κ3) is 3.56.